The van der Waals surface area contributed by atoms with Crippen LogP contribution in [0.25, 0.3) is 0 Å². The van der Waals surface area contributed by atoms with Crippen molar-refractivity contribution in [3.8, 4) is 5.75 Å². The molecule has 1 aromatic carbocycles. The molecule has 0 aliphatic carbocycles. The minimum Gasteiger partial charge on any atom is -0.491 e. The van der Waals surface area contributed by atoms with Gasteiger partial charge in [-0.1, -0.05) is 17.7 Å². The van der Waals surface area contributed by atoms with Crippen LogP contribution in [0.5, 0.6) is 5.75 Å². The molecule has 3 amide bonds. The third-order valence-corrected chi connectivity index (χ3v) is 4.22. The number of piperazine rings is 1. The van der Waals surface area contributed by atoms with E-state index in [9.17, 15) is 9.59 Å². The summed E-state index contributed by atoms with van der Waals surface area (Å²) in [4.78, 5) is 25.6. The van der Waals surface area contributed by atoms with Crippen LogP contribution in [0, 0.1) is 20.8 Å². The van der Waals surface area contributed by atoms with Gasteiger partial charge in [0.05, 0.1) is 6.54 Å². The second-order valence-electron chi connectivity index (χ2n) is 6.32. The number of hydrogen-bond donors (Lipinski definition) is 3. The molecular formula is C18H27N3O4. The molecule has 1 atom stereocenters. The van der Waals surface area contributed by atoms with Gasteiger partial charge in [-0.2, -0.15) is 0 Å². The van der Waals surface area contributed by atoms with Crippen LogP contribution in [-0.2, 0) is 4.79 Å². The molecule has 0 radical (unpaired) electrons. The van der Waals surface area contributed by atoms with Crippen molar-refractivity contribution in [2.45, 2.75) is 33.2 Å². The zero-order chi connectivity index (χ0) is 18.4. The third kappa shape index (κ3) is 4.85. The van der Waals surface area contributed by atoms with Gasteiger partial charge >= 0.3 is 6.03 Å². The van der Waals surface area contributed by atoms with Gasteiger partial charge in [0.15, 0.2) is 0 Å². The van der Waals surface area contributed by atoms with Crippen molar-refractivity contribution >= 4 is 11.9 Å². The van der Waals surface area contributed by atoms with E-state index in [1.165, 1.54) is 10.5 Å². The molecule has 2 rings (SSSR count). The third-order valence-electron chi connectivity index (χ3n) is 4.22. The quantitative estimate of drug-likeness (QED) is 0.665. The van der Waals surface area contributed by atoms with Gasteiger partial charge in [0.25, 0.3) is 0 Å². The summed E-state index contributed by atoms with van der Waals surface area (Å²) in [6, 6.07) is 3.19. The van der Waals surface area contributed by atoms with Crippen LogP contribution in [0.15, 0.2) is 12.1 Å². The normalized spacial score (nSPS) is 17.2. The Morgan fingerprint density at radius 1 is 1.36 bits per heavy atom. The van der Waals surface area contributed by atoms with E-state index in [1.807, 2.05) is 20.8 Å². The Morgan fingerprint density at radius 3 is 2.68 bits per heavy atom. The first kappa shape index (κ1) is 19.1. The van der Waals surface area contributed by atoms with Crippen LogP contribution in [0.3, 0.4) is 0 Å². The van der Waals surface area contributed by atoms with Crippen molar-refractivity contribution in [2.24, 2.45) is 0 Å². The first-order valence-corrected chi connectivity index (χ1v) is 8.57. The zero-order valence-electron chi connectivity index (χ0n) is 15.1. The number of aliphatic hydroxyl groups excluding tert-OH is 1. The molecule has 1 aliphatic heterocycles. The molecule has 1 fully saturated rings. The van der Waals surface area contributed by atoms with E-state index < -0.39 is 6.04 Å². The molecule has 1 aliphatic rings. The number of ether oxygens (including phenoxy) is 1. The molecule has 138 valence electrons. The standard InChI is InChI=1S/C18H27N3O4/c1-12-10-13(2)16(14(3)11-12)25-9-6-20-18(24)21-7-5-19-17(23)15(21)4-8-22/h10-11,15,22H,4-9H2,1-3H3,(H,19,23)(H,20,24). The molecule has 25 heavy (non-hydrogen) atoms. The second kappa shape index (κ2) is 8.71. The van der Waals surface area contributed by atoms with E-state index >= 15 is 0 Å². The molecule has 7 heteroatoms. The van der Waals surface area contributed by atoms with Crippen LogP contribution in [0.4, 0.5) is 4.79 Å². The van der Waals surface area contributed by atoms with Crippen molar-refractivity contribution < 1.29 is 19.4 Å². The molecule has 0 spiro atoms. The van der Waals surface area contributed by atoms with Gasteiger partial charge in [-0.15, -0.1) is 0 Å². The van der Waals surface area contributed by atoms with Crippen LogP contribution in [0.1, 0.15) is 23.1 Å². The lowest BCUT2D eigenvalue weighted by Gasteiger charge is -2.34. The topological polar surface area (TPSA) is 90.9 Å². The van der Waals surface area contributed by atoms with Crippen molar-refractivity contribution in [2.75, 3.05) is 32.8 Å². The molecule has 0 saturated carbocycles. The number of carbonyl (C=O) groups is 2. The lowest BCUT2D eigenvalue weighted by molar-refractivity contribution is -0.128. The Kier molecular flexibility index (Phi) is 6.64. The van der Waals surface area contributed by atoms with E-state index in [4.69, 9.17) is 9.84 Å². The summed E-state index contributed by atoms with van der Waals surface area (Å²) in [5.41, 5.74) is 3.33. The number of hydrogen-bond acceptors (Lipinski definition) is 4. The zero-order valence-corrected chi connectivity index (χ0v) is 15.1. The van der Waals surface area contributed by atoms with Crippen molar-refractivity contribution in [1.29, 1.82) is 0 Å². The highest BCUT2D eigenvalue weighted by molar-refractivity contribution is 5.88. The predicted molar refractivity (Wildman–Crippen MR) is 94.8 cm³/mol. The van der Waals surface area contributed by atoms with Gasteiger partial charge in [0.1, 0.15) is 18.4 Å². The highest BCUT2D eigenvalue weighted by atomic mass is 16.5. The average Bonchev–Trinajstić information content (AvgIpc) is 2.55. The van der Waals surface area contributed by atoms with Gasteiger partial charge in [0, 0.05) is 19.7 Å². The summed E-state index contributed by atoms with van der Waals surface area (Å²) in [7, 11) is 0. The highest BCUT2D eigenvalue weighted by Crippen LogP contribution is 2.24. The van der Waals surface area contributed by atoms with Gasteiger partial charge in [0.2, 0.25) is 5.91 Å². The fourth-order valence-electron chi connectivity index (χ4n) is 3.17. The average molecular weight is 349 g/mol. The van der Waals surface area contributed by atoms with E-state index in [-0.39, 0.29) is 25.0 Å². The van der Waals surface area contributed by atoms with Gasteiger partial charge in [-0.05, 0) is 38.3 Å². The summed E-state index contributed by atoms with van der Waals surface area (Å²) in [6.45, 7) is 7.44. The maximum Gasteiger partial charge on any atom is 0.318 e. The van der Waals surface area contributed by atoms with Crippen LogP contribution >= 0.6 is 0 Å². The van der Waals surface area contributed by atoms with Gasteiger partial charge in [-0.3, -0.25) is 4.79 Å². The van der Waals surface area contributed by atoms with Gasteiger partial charge < -0.3 is 25.4 Å². The monoisotopic (exact) mass is 349 g/mol. The van der Waals surface area contributed by atoms with E-state index in [0.717, 1.165) is 16.9 Å². The molecule has 3 N–H and O–H groups in total. The summed E-state index contributed by atoms with van der Waals surface area (Å²) < 4.78 is 5.80. The number of rotatable bonds is 6. The minimum absolute atomic E-state index is 0.142. The Morgan fingerprint density at radius 2 is 2.04 bits per heavy atom. The second-order valence-corrected chi connectivity index (χ2v) is 6.32. The number of aryl methyl sites for hydroxylation is 3. The summed E-state index contributed by atoms with van der Waals surface area (Å²) in [6.07, 6.45) is 0.234. The number of benzene rings is 1. The predicted octanol–water partition coefficient (Wildman–Crippen LogP) is 0.883. The van der Waals surface area contributed by atoms with E-state index in [0.29, 0.717) is 26.2 Å². The molecule has 0 bridgehead atoms. The summed E-state index contributed by atoms with van der Waals surface area (Å²) in [5, 5.41) is 14.6. The number of nitrogens with one attached hydrogen (secondary N) is 2. The SMILES string of the molecule is Cc1cc(C)c(OCCNC(=O)N2CCNC(=O)C2CCO)c(C)c1. The van der Waals surface area contributed by atoms with E-state index in [2.05, 4.69) is 22.8 Å². The van der Waals surface area contributed by atoms with Crippen LogP contribution in [0.2, 0.25) is 0 Å². The molecule has 1 heterocycles. The maximum atomic E-state index is 12.3. The molecule has 1 unspecified atom stereocenters. The fourth-order valence-corrected chi connectivity index (χ4v) is 3.17. The molecule has 1 saturated heterocycles. The largest absolute Gasteiger partial charge is 0.491 e. The smallest absolute Gasteiger partial charge is 0.318 e. The van der Waals surface area contributed by atoms with Crippen molar-refractivity contribution in [3.05, 3.63) is 28.8 Å². The number of amides is 3. The first-order chi connectivity index (χ1) is 11.9. The Bertz CT molecular complexity index is 610. The molecule has 0 aromatic heterocycles. The minimum atomic E-state index is -0.624. The summed E-state index contributed by atoms with van der Waals surface area (Å²) >= 11 is 0. The number of urea groups is 1. The first-order valence-electron chi connectivity index (χ1n) is 8.57. The highest BCUT2D eigenvalue weighted by Gasteiger charge is 2.32. The summed E-state index contributed by atoms with van der Waals surface area (Å²) in [5.74, 6) is 0.618. The molecule has 1 aromatic rings. The number of aliphatic hydroxyl groups is 1. The fraction of sp³-hybridized carbons (Fsp3) is 0.556. The van der Waals surface area contributed by atoms with Crippen molar-refractivity contribution in [3.63, 3.8) is 0 Å². The Hall–Kier alpha value is -2.28. The van der Waals surface area contributed by atoms with Gasteiger partial charge in [-0.25, -0.2) is 4.79 Å². The molecule has 7 nitrogen and oxygen atoms in total. The number of nitrogens with zero attached hydrogens (tertiary/aromatic N) is 1. The number of carbonyl (C=O) groups excluding carboxylic acids is 2. The Balaban J connectivity index is 1.85. The molecular weight excluding hydrogens is 322 g/mol. The maximum absolute atomic E-state index is 12.3. The van der Waals surface area contributed by atoms with Crippen LogP contribution in [-0.4, -0.2) is 60.8 Å². The van der Waals surface area contributed by atoms with E-state index in [1.54, 1.807) is 0 Å². The van der Waals surface area contributed by atoms with Crippen molar-refractivity contribution in [1.82, 2.24) is 15.5 Å². The lowest BCUT2D eigenvalue weighted by Crippen LogP contribution is -2.59. The lowest BCUT2D eigenvalue weighted by atomic mass is 10.1. The van der Waals surface area contributed by atoms with Crippen LogP contribution < -0.4 is 15.4 Å². The Labute approximate surface area is 148 Å².